The molecule has 2 aliphatic rings. The van der Waals surface area contributed by atoms with Crippen molar-refractivity contribution in [2.24, 2.45) is 0 Å². The van der Waals surface area contributed by atoms with Crippen LogP contribution in [0.1, 0.15) is 12.8 Å². The van der Waals surface area contributed by atoms with Crippen molar-refractivity contribution in [2.75, 3.05) is 13.2 Å². The zero-order valence-electron chi connectivity index (χ0n) is 9.33. The minimum absolute atomic E-state index is 0.176. The first kappa shape index (κ1) is 11.0. The Labute approximate surface area is 100 Å². The Morgan fingerprint density at radius 1 is 1.35 bits per heavy atom. The summed E-state index contributed by atoms with van der Waals surface area (Å²) in [6.07, 6.45) is 1.74. The molecule has 0 amide bonds. The Balaban J connectivity index is 1.77. The van der Waals surface area contributed by atoms with E-state index in [4.69, 9.17) is 9.47 Å². The van der Waals surface area contributed by atoms with Crippen molar-refractivity contribution >= 4 is 9.84 Å². The molecule has 0 aromatic heterocycles. The molecular weight excluding hydrogens is 240 g/mol. The first-order valence-electron chi connectivity index (χ1n) is 5.74. The second-order valence-corrected chi connectivity index (χ2v) is 6.71. The first-order chi connectivity index (χ1) is 8.16. The van der Waals surface area contributed by atoms with Gasteiger partial charge in [-0.25, -0.2) is 8.42 Å². The van der Waals surface area contributed by atoms with Gasteiger partial charge in [0.05, 0.1) is 16.8 Å². The largest absolute Gasteiger partial charge is 0.491 e. The van der Waals surface area contributed by atoms with E-state index in [1.54, 1.807) is 24.3 Å². The molecule has 5 heteroatoms. The molecule has 1 saturated heterocycles. The predicted octanol–water partition coefficient (Wildman–Crippen LogP) is 1.40. The van der Waals surface area contributed by atoms with E-state index < -0.39 is 9.84 Å². The van der Waals surface area contributed by atoms with Gasteiger partial charge in [-0.05, 0) is 31.0 Å². The summed E-state index contributed by atoms with van der Waals surface area (Å²) in [5.74, 6) is 0.599. The van der Waals surface area contributed by atoms with Gasteiger partial charge in [-0.3, -0.25) is 0 Å². The molecule has 1 aliphatic heterocycles. The Morgan fingerprint density at radius 3 is 2.76 bits per heavy atom. The van der Waals surface area contributed by atoms with E-state index in [0.29, 0.717) is 17.3 Å². The van der Waals surface area contributed by atoms with Gasteiger partial charge in [0.25, 0.3) is 0 Å². The van der Waals surface area contributed by atoms with Crippen molar-refractivity contribution < 1.29 is 17.9 Å². The van der Waals surface area contributed by atoms with Crippen LogP contribution in [0.25, 0.3) is 0 Å². The minimum atomic E-state index is -3.12. The molecular formula is C12H14O4S. The lowest BCUT2D eigenvalue weighted by atomic mass is 10.3. The smallest absolute Gasteiger partial charge is 0.181 e. The summed E-state index contributed by atoms with van der Waals surface area (Å²) in [6.45, 7) is 1.23. The van der Waals surface area contributed by atoms with Crippen molar-refractivity contribution in [3.63, 3.8) is 0 Å². The third-order valence-corrected chi connectivity index (χ3v) is 5.20. The molecule has 2 fully saturated rings. The molecule has 1 heterocycles. The van der Waals surface area contributed by atoms with Crippen molar-refractivity contribution in [1.29, 1.82) is 0 Å². The first-order valence-corrected chi connectivity index (χ1v) is 7.29. The number of ether oxygens (including phenoxy) is 2. The standard InChI is InChI=1S/C12H14O4S/c13-17(14,11-4-5-11)12-3-1-2-9(6-12)15-7-10-8-16-10/h1-3,6,10-11H,4-5,7-8H2/t10-/m1/s1. The maximum Gasteiger partial charge on any atom is 0.181 e. The summed E-state index contributed by atoms with van der Waals surface area (Å²) in [5.41, 5.74) is 0. The number of hydrogen-bond donors (Lipinski definition) is 0. The van der Waals surface area contributed by atoms with Crippen LogP contribution in [0.15, 0.2) is 29.2 Å². The zero-order valence-corrected chi connectivity index (χ0v) is 10.2. The fourth-order valence-electron chi connectivity index (χ4n) is 1.67. The van der Waals surface area contributed by atoms with Gasteiger partial charge in [-0.2, -0.15) is 0 Å². The molecule has 1 aromatic carbocycles. The summed E-state index contributed by atoms with van der Waals surface area (Å²) < 4.78 is 34.5. The molecule has 1 saturated carbocycles. The van der Waals surface area contributed by atoms with E-state index in [1.807, 2.05) is 0 Å². The maximum absolute atomic E-state index is 12.0. The van der Waals surface area contributed by atoms with Crippen LogP contribution in [0.3, 0.4) is 0 Å². The normalized spacial score (nSPS) is 23.4. The Kier molecular flexibility index (Phi) is 2.60. The van der Waals surface area contributed by atoms with Crippen LogP contribution in [0.5, 0.6) is 5.75 Å². The van der Waals surface area contributed by atoms with Gasteiger partial charge in [-0.1, -0.05) is 6.07 Å². The molecule has 1 aliphatic carbocycles. The second kappa shape index (κ2) is 3.99. The van der Waals surface area contributed by atoms with Crippen LogP contribution in [0, 0.1) is 0 Å². The number of epoxide rings is 1. The summed E-state index contributed by atoms with van der Waals surface area (Å²) in [7, 11) is -3.12. The van der Waals surface area contributed by atoms with E-state index in [9.17, 15) is 8.42 Å². The molecule has 1 atom stereocenters. The van der Waals surface area contributed by atoms with Gasteiger partial charge in [0.1, 0.15) is 18.5 Å². The number of rotatable bonds is 5. The summed E-state index contributed by atoms with van der Waals surface area (Å²) in [4.78, 5) is 0.370. The monoisotopic (exact) mass is 254 g/mol. The topological polar surface area (TPSA) is 55.9 Å². The fourth-order valence-corrected chi connectivity index (χ4v) is 3.36. The molecule has 0 N–H and O–H groups in total. The van der Waals surface area contributed by atoms with E-state index >= 15 is 0 Å². The van der Waals surface area contributed by atoms with E-state index in [2.05, 4.69) is 0 Å². The molecule has 0 bridgehead atoms. The van der Waals surface area contributed by atoms with Crippen LogP contribution in [-0.2, 0) is 14.6 Å². The highest BCUT2D eigenvalue weighted by Crippen LogP contribution is 2.34. The van der Waals surface area contributed by atoms with Gasteiger partial charge in [0.2, 0.25) is 0 Å². The number of sulfone groups is 1. The Hall–Kier alpha value is -1.07. The summed E-state index contributed by atoms with van der Waals surface area (Å²) >= 11 is 0. The van der Waals surface area contributed by atoms with Crippen LogP contribution in [-0.4, -0.2) is 33.0 Å². The number of benzene rings is 1. The van der Waals surface area contributed by atoms with Crippen LogP contribution >= 0.6 is 0 Å². The third kappa shape index (κ3) is 2.45. The third-order valence-electron chi connectivity index (χ3n) is 2.94. The van der Waals surface area contributed by atoms with Gasteiger partial charge in [0, 0.05) is 0 Å². The number of hydrogen-bond acceptors (Lipinski definition) is 4. The minimum Gasteiger partial charge on any atom is -0.491 e. The SMILES string of the molecule is O=S(=O)(c1cccc(OC[C@@H]2CO2)c1)C1CC1. The van der Waals surface area contributed by atoms with Gasteiger partial charge >= 0.3 is 0 Å². The van der Waals surface area contributed by atoms with E-state index in [0.717, 1.165) is 19.4 Å². The lowest BCUT2D eigenvalue weighted by molar-refractivity contribution is 0.262. The van der Waals surface area contributed by atoms with E-state index in [-0.39, 0.29) is 11.4 Å². The predicted molar refractivity (Wildman–Crippen MR) is 61.9 cm³/mol. The van der Waals surface area contributed by atoms with Crippen molar-refractivity contribution in [3.8, 4) is 5.75 Å². The van der Waals surface area contributed by atoms with Gasteiger partial charge in [0.15, 0.2) is 9.84 Å². The average molecular weight is 254 g/mol. The molecule has 92 valence electrons. The lowest BCUT2D eigenvalue weighted by Gasteiger charge is -2.07. The van der Waals surface area contributed by atoms with Crippen LogP contribution in [0.4, 0.5) is 0 Å². The molecule has 0 spiro atoms. The highest BCUT2D eigenvalue weighted by molar-refractivity contribution is 7.92. The molecule has 17 heavy (non-hydrogen) atoms. The summed E-state index contributed by atoms with van der Waals surface area (Å²) in [6, 6.07) is 6.73. The second-order valence-electron chi connectivity index (χ2n) is 4.49. The maximum atomic E-state index is 12.0. The van der Waals surface area contributed by atoms with Crippen LogP contribution < -0.4 is 4.74 Å². The van der Waals surface area contributed by atoms with Crippen molar-refractivity contribution in [3.05, 3.63) is 24.3 Å². The molecule has 4 nitrogen and oxygen atoms in total. The Bertz CT molecular complexity index is 515. The Morgan fingerprint density at radius 2 is 2.12 bits per heavy atom. The quantitative estimate of drug-likeness (QED) is 0.745. The molecule has 0 radical (unpaired) electrons. The van der Waals surface area contributed by atoms with Gasteiger partial charge < -0.3 is 9.47 Å². The lowest BCUT2D eigenvalue weighted by Crippen LogP contribution is -2.08. The molecule has 1 aromatic rings. The summed E-state index contributed by atoms with van der Waals surface area (Å²) in [5, 5.41) is -0.176. The fraction of sp³-hybridized carbons (Fsp3) is 0.500. The van der Waals surface area contributed by atoms with E-state index in [1.165, 1.54) is 0 Å². The van der Waals surface area contributed by atoms with Crippen LogP contribution in [0.2, 0.25) is 0 Å². The van der Waals surface area contributed by atoms with Gasteiger partial charge in [-0.15, -0.1) is 0 Å². The molecule has 3 rings (SSSR count). The molecule has 0 unspecified atom stereocenters. The average Bonchev–Trinajstić information content (AvgIpc) is 3.19. The van der Waals surface area contributed by atoms with Crippen molar-refractivity contribution in [2.45, 2.75) is 29.1 Å². The highest BCUT2D eigenvalue weighted by atomic mass is 32.2. The highest BCUT2D eigenvalue weighted by Gasteiger charge is 2.37. The van der Waals surface area contributed by atoms with Crippen molar-refractivity contribution in [1.82, 2.24) is 0 Å². The zero-order chi connectivity index (χ0) is 11.9.